The molecular formula is C12H24N2O. The molecule has 2 rings (SSSR count). The van der Waals surface area contributed by atoms with E-state index < -0.39 is 0 Å². The standard InChI is InChI=1S/C12H24N2O/c13-9-12-3-1-2-6-14(12)7-8-15-10-11-4-5-11/h11-12H,1-10,13H2. The van der Waals surface area contributed by atoms with Crippen molar-refractivity contribution >= 4 is 0 Å². The van der Waals surface area contributed by atoms with Crippen molar-refractivity contribution in [1.82, 2.24) is 4.90 Å². The molecule has 1 aliphatic heterocycles. The van der Waals surface area contributed by atoms with E-state index in [9.17, 15) is 0 Å². The van der Waals surface area contributed by atoms with Crippen LogP contribution in [-0.2, 0) is 4.74 Å². The predicted molar refractivity (Wildman–Crippen MR) is 61.8 cm³/mol. The smallest absolute Gasteiger partial charge is 0.0593 e. The number of likely N-dealkylation sites (tertiary alicyclic amines) is 1. The van der Waals surface area contributed by atoms with Crippen LogP contribution >= 0.6 is 0 Å². The van der Waals surface area contributed by atoms with E-state index in [4.69, 9.17) is 10.5 Å². The Hall–Kier alpha value is -0.120. The summed E-state index contributed by atoms with van der Waals surface area (Å²) in [7, 11) is 0. The lowest BCUT2D eigenvalue weighted by Crippen LogP contribution is -2.45. The number of nitrogens with zero attached hydrogens (tertiary/aromatic N) is 1. The van der Waals surface area contributed by atoms with Gasteiger partial charge in [-0.2, -0.15) is 0 Å². The van der Waals surface area contributed by atoms with Crippen LogP contribution in [0.15, 0.2) is 0 Å². The fourth-order valence-electron chi connectivity index (χ4n) is 2.34. The third kappa shape index (κ3) is 3.74. The summed E-state index contributed by atoms with van der Waals surface area (Å²) in [6.07, 6.45) is 6.73. The highest BCUT2D eigenvalue weighted by Crippen LogP contribution is 2.28. The molecule has 1 saturated heterocycles. The van der Waals surface area contributed by atoms with Crippen molar-refractivity contribution in [2.45, 2.75) is 38.1 Å². The largest absolute Gasteiger partial charge is 0.380 e. The number of ether oxygens (including phenoxy) is 1. The molecule has 88 valence electrons. The van der Waals surface area contributed by atoms with E-state index in [2.05, 4.69) is 4.90 Å². The van der Waals surface area contributed by atoms with Gasteiger partial charge >= 0.3 is 0 Å². The summed E-state index contributed by atoms with van der Waals surface area (Å²) in [5.74, 6) is 0.886. The lowest BCUT2D eigenvalue weighted by Gasteiger charge is -2.34. The molecule has 0 aromatic rings. The van der Waals surface area contributed by atoms with Crippen LogP contribution in [0.25, 0.3) is 0 Å². The summed E-state index contributed by atoms with van der Waals surface area (Å²) in [5, 5.41) is 0. The van der Waals surface area contributed by atoms with Crippen LogP contribution in [0, 0.1) is 5.92 Å². The van der Waals surface area contributed by atoms with Crippen molar-refractivity contribution in [3.05, 3.63) is 0 Å². The summed E-state index contributed by atoms with van der Waals surface area (Å²) in [4.78, 5) is 2.51. The minimum absolute atomic E-state index is 0.614. The third-order valence-electron chi connectivity index (χ3n) is 3.59. The first-order chi connectivity index (χ1) is 7.40. The summed E-state index contributed by atoms with van der Waals surface area (Å²) in [5.41, 5.74) is 5.77. The molecule has 1 heterocycles. The van der Waals surface area contributed by atoms with Gasteiger partial charge in [-0.25, -0.2) is 0 Å². The molecule has 2 aliphatic rings. The van der Waals surface area contributed by atoms with Crippen molar-refractivity contribution in [3.63, 3.8) is 0 Å². The fourth-order valence-corrected chi connectivity index (χ4v) is 2.34. The first kappa shape index (κ1) is 11.4. The van der Waals surface area contributed by atoms with Crippen LogP contribution < -0.4 is 5.73 Å². The maximum atomic E-state index is 5.77. The van der Waals surface area contributed by atoms with Crippen molar-refractivity contribution in [1.29, 1.82) is 0 Å². The van der Waals surface area contributed by atoms with Crippen LogP contribution in [0.4, 0.5) is 0 Å². The van der Waals surface area contributed by atoms with E-state index in [-0.39, 0.29) is 0 Å². The Morgan fingerprint density at radius 2 is 2.07 bits per heavy atom. The Morgan fingerprint density at radius 1 is 1.20 bits per heavy atom. The molecule has 15 heavy (non-hydrogen) atoms. The predicted octanol–water partition coefficient (Wildman–Crippen LogP) is 1.23. The Bertz CT molecular complexity index is 182. The van der Waals surface area contributed by atoms with E-state index in [1.807, 2.05) is 0 Å². The molecule has 3 heteroatoms. The van der Waals surface area contributed by atoms with Crippen molar-refractivity contribution in [3.8, 4) is 0 Å². The Balaban J connectivity index is 1.58. The molecule has 2 N–H and O–H groups in total. The van der Waals surface area contributed by atoms with Gasteiger partial charge in [-0.3, -0.25) is 4.90 Å². The van der Waals surface area contributed by atoms with Crippen molar-refractivity contribution in [2.75, 3.05) is 32.8 Å². The van der Waals surface area contributed by atoms with Gasteiger partial charge in [0.05, 0.1) is 6.61 Å². The molecule has 0 aromatic heterocycles. The van der Waals surface area contributed by atoms with Crippen LogP contribution in [0.3, 0.4) is 0 Å². The van der Waals surface area contributed by atoms with Gasteiger partial charge in [0.2, 0.25) is 0 Å². The van der Waals surface area contributed by atoms with Crippen LogP contribution in [-0.4, -0.2) is 43.8 Å². The van der Waals surface area contributed by atoms with E-state index in [1.54, 1.807) is 0 Å². The summed E-state index contributed by atoms with van der Waals surface area (Å²) in [6, 6.07) is 0.614. The maximum Gasteiger partial charge on any atom is 0.0593 e. The first-order valence-corrected chi connectivity index (χ1v) is 6.42. The van der Waals surface area contributed by atoms with Crippen LogP contribution in [0.2, 0.25) is 0 Å². The second-order valence-electron chi connectivity index (χ2n) is 4.94. The van der Waals surface area contributed by atoms with Gasteiger partial charge in [0.25, 0.3) is 0 Å². The summed E-state index contributed by atoms with van der Waals surface area (Å²) >= 11 is 0. The van der Waals surface area contributed by atoms with Gasteiger partial charge in [-0.15, -0.1) is 0 Å². The van der Waals surface area contributed by atoms with Crippen LogP contribution in [0.1, 0.15) is 32.1 Å². The molecule has 0 spiro atoms. The second kappa shape index (κ2) is 5.83. The molecule has 0 aromatic carbocycles. The van der Waals surface area contributed by atoms with Crippen molar-refractivity contribution < 1.29 is 4.74 Å². The molecule has 2 fully saturated rings. The normalized spacial score (nSPS) is 28.2. The molecule has 1 unspecified atom stereocenters. The van der Waals surface area contributed by atoms with Gasteiger partial charge in [0, 0.05) is 25.7 Å². The molecule has 0 radical (unpaired) electrons. The number of piperidine rings is 1. The number of rotatable bonds is 6. The minimum atomic E-state index is 0.614. The number of hydrogen-bond acceptors (Lipinski definition) is 3. The van der Waals surface area contributed by atoms with E-state index in [0.717, 1.165) is 32.2 Å². The third-order valence-corrected chi connectivity index (χ3v) is 3.59. The lowest BCUT2D eigenvalue weighted by molar-refractivity contribution is 0.0692. The molecule has 1 aliphatic carbocycles. The van der Waals surface area contributed by atoms with E-state index in [1.165, 1.54) is 38.6 Å². The molecular weight excluding hydrogens is 188 g/mol. The van der Waals surface area contributed by atoms with Gasteiger partial charge in [0.1, 0.15) is 0 Å². The van der Waals surface area contributed by atoms with Crippen LogP contribution in [0.5, 0.6) is 0 Å². The zero-order valence-electron chi connectivity index (χ0n) is 9.66. The highest BCUT2D eigenvalue weighted by Gasteiger charge is 2.22. The highest BCUT2D eigenvalue weighted by atomic mass is 16.5. The Kier molecular flexibility index (Phi) is 4.42. The Morgan fingerprint density at radius 3 is 2.80 bits per heavy atom. The average molecular weight is 212 g/mol. The van der Waals surface area contributed by atoms with Gasteiger partial charge in [-0.1, -0.05) is 6.42 Å². The molecule has 0 amide bonds. The fraction of sp³-hybridized carbons (Fsp3) is 1.00. The molecule has 1 atom stereocenters. The lowest BCUT2D eigenvalue weighted by atomic mass is 10.0. The molecule has 3 nitrogen and oxygen atoms in total. The van der Waals surface area contributed by atoms with Gasteiger partial charge in [0.15, 0.2) is 0 Å². The monoisotopic (exact) mass is 212 g/mol. The first-order valence-electron chi connectivity index (χ1n) is 6.42. The SMILES string of the molecule is NCC1CCCCN1CCOCC1CC1. The topological polar surface area (TPSA) is 38.5 Å². The van der Waals surface area contributed by atoms with Gasteiger partial charge < -0.3 is 10.5 Å². The van der Waals surface area contributed by atoms with Crippen molar-refractivity contribution in [2.24, 2.45) is 11.7 Å². The number of nitrogens with two attached hydrogens (primary N) is 1. The zero-order valence-corrected chi connectivity index (χ0v) is 9.66. The second-order valence-corrected chi connectivity index (χ2v) is 4.94. The Labute approximate surface area is 93.0 Å². The van der Waals surface area contributed by atoms with E-state index in [0.29, 0.717) is 6.04 Å². The van der Waals surface area contributed by atoms with Gasteiger partial charge in [-0.05, 0) is 38.1 Å². The average Bonchev–Trinajstić information content (AvgIpc) is 3.09. The van der Waals surface area contributed by atoms with E-state index >= 15 is 0 Å². The summed E-state index contributed by atoms with van der Waals surface area (Å²) in [6.45, 7) is 4.99. The minimum Gasteiger partial charge on any atom is -0.380 e. The highest BCUT2D eigenvalue weighted by molar-refractivity contribution is 4.77. The summed E-state index contributed by atoms with van der Waals surface area (Å²) < 4.78 is 5.67. The molecule has 1 saturated carbocycles. The molecule has 0 bridgehead atoms. The zero-order chi connectivity index (χ0) is 10.5. The quantitative estimate of drug-likeness (QED) is 0.673. The number of hydrogen-bond donors (Lipinski definition) is 1. The maximum absolute atomic E-state index is 5.77.